The molecule has 1 unspecified atom stereocenters. The molecule has 0 saturated heterocycles. The van der Waals surface area contributed by atoms with Crippen LogP contribution in [0.1, 0.15) is 32.0 Å². The molecular formula is C14H17N3O2S. The molecule has 20 heavy (non-hydrogen) atoms. The van der Waals surface area contributed by atoms with Crippen molar-refractivity contribution in [2.75, 3.05) is 5.75 Å². The van der Waals surface area contributed by atoms with Crippen LogP contribution in [0.5, 0.6) is 0 Å². The molecule has 1 aromatic heterocycles. The normalized spacial score (nSPS) is 12.3. The SMILES string of the molecule is CCC(C)c1nnc(SCC(=O)O)n1-c1ccccc1. The molecule has 0 aliphatic heterocycles. The van der Waals surface area contributed by atoms with Crippen LogP contribution in [0.2, 0.25) is 0 Å². The Hall–Kier alpha value is -1.82. The third kappa shape index (κ3) is 3.19. The number of aliphatic carboxylic acids is 1. The van der Waals surface area contributed by atoms with Crippen LogP contribution in [-0.2, 0) is 4.79 Å². The van der Waals surface area contributed by atoms with Gasteiger partial charge >= 0.3 is 5.97 Å². The summed E-state index contributed by atoms with van der Waals surface area (Å²) in [4.78, 5) is 10.7. The van der Waals surface area contributed by atoms with Gasteiger partial charge in [0.2, 0.25) is 0 Å². The first-order valence-corrected chi connectivity index (χ1v) is 7.47. The molecule has 1 aromatic carbocycles. The molecule has 6 heteroatoms. The highest BCUT2D eigenvalue weighted by Crippen LogP contribution is 2.26. The van der Waals surface area contributed by atoms with Crippen LogP contribution in [0.15, 0.2) is 35.5 Å². The van der Waals surface area contributed by atoms with Crippen molar-refractivity contribution in [3.8, 4) is 5.69 Å². The van der Waals surface area contributed by atoms with E-state index in [4.69, 9.17) is 5.11 Å². The van der Waals surface area contributed by atoms with E-state index in [1.54, 1.807) is 0 Å². The second kappa shape index (κ2) is 6.56. The summed E-state index contributed by atoms with van der Waals surface area (Å²) in [5, 5.41) is 17.8. The molecule has 1 atom stereocenters. The summed E-state index contributed by atoms with van der Waals surface area (Å²) < 4.78 is 1.95. The summed E-state index contributed by atoms with van der Waals surface area (Å²) in [6.45, 7) is 4.19. The average Bonchev–Trinajstić information content (AvgIpc) is 2.89. The summed E-state index contributed by atoms with van der Waals surface area (Å²) in [6.07, 6.45) is 0.953. The minimum Gasteiger partial charge on any atom is -0.481 e. The van der Waals surface area contributed by atoms with Crippen LogP contribution in [0.3, 0.4) is 0 Å². The lowest BCUT2D eigenvalue weighted by atomic mass is 10.1. The van der Waals surface area contributed by atoms with Crippen LogP contribution in [-0.4, -0.2) is 31.6 Å². The van der Waals surface area contributed by atoms with Crippen molar-refractivity contribution in [1.29, 1.82) is 0 Å². The van der Waals surface area contributed by atoms with E-state index in [-0.39, 0.29) is 11.7 Å². The van der Waals surface area contributed by atoms with E-state index in [2.05, 4.69) is 24.0 Å². The molecule has 1 N–H and O–H groups in total. The molecular weight excluding hydrogens is 274 g/mol. The maximum Gasteiger partial charge on any atom is 0.313 e. The number of carboxylic acid groups (broad SMARTS) is 1. The first-order chi connectivity index (χ1) is 9.63. The molecule has 0 spiro atoms. The molecule has 0 saturated carbocycles. The van der Waals surface area contributed by atoms with Gasteiger partial charge in [0.15, 0.2) is 5.16 Å². The van der Waals surface area contributed by atoms with Crippen molar-refractivity contribution in [2.24, 2.45) is 0 Å². The first kappa shape index (κ1) is 14.6. The number of benzene rings is 1. The number of rotatable bonds is 6. The lowest BCUT2D eigenvalue weighted by Gasteiger charge is -2.13. The van der Waals surface area contributed by atoms with Gasteiger partial charge in [-0.2, -0.15) is 0 Å². The summed E-state index contributed by atoms with van der Waals surface area (Å²) >= 11 is 1.19. The van der Waals surface area contributed by atoms with Gasteiger partial charge in [0.05, 0.1) is 5.75 Å². The van der Waals surface area contributed by atoms with Crippen LogP contribution < -0.4 is 0 Å². The van der Waals surface area contributed by atoms with Gasteiger partial charge in [-0.25, -0.2) is 0 Å². The molecule has 0 fully saturated rings. The summed E-state index contributed by atoms with van der Waals surface area (Å²) in [5.74, 6) is 0.252. The molecule has 2 rings (SSSR count). The van der Waals surface area contributed by atoms with Gasteiger partial charge in [-0.15, -0.1) is 10.2 Å². The largest absolute Gasteiger partial charge is 0.481 e. The number of aromatic nitrogens is 3. The van der Waals surface area contributed by atoms with Gasteiger partial charge in [-0.3, -0.25) is 9.36 Å². The minimum absolute atomic E-state index is 0.0223. The molecule has 1 heterocycles. The topological polar surface area (TPSA) is 68.0 Å². The number of thioether (sulfide) groups is 1. The summed E-state index contributed by atoms with van der Waals surface area (Å²) in [7, 11) is 0. The number of hydrogen-bond donors (Lipinski definition) is 1. The number of para-hydroxylation sites is 1. The van der Waals surface area contributed by atoms with Crippen LogP contribution >= 0.6 is 11.8 Å². The maximum absolute atomic E-state index is 10.7. The Kier molecular flexibility index (Phi) is 4.79. The van der Waals surface area contributed by atoms with E-state index in [9.17, 15) is 4.79 Å². The molecule has 2 aromatic rings. The van der Waals surface area contributed by atoms with Crippen LogP contribution in [0, 0.1) is 0 Å². The first-order valence-electron chi connectivity index (χ1n) is 6.48. The van der Waals surface area contributed by atoms with Gasteiger partial charge in [0.1, 0.15) is 5.82 Å². The van der Waals surface area contributed by atoms with Crippen molar-refractivity contribution in [3.63, 3.8) is 0 Å². The number of hydrogen-bond acceptors (Lipinski definition) is 4. The summed E-state index contributed by atoms with van der Waals surface area (Å²) in [5.41, 5.74) is 0.959. The van der Waals surface area contributed by atoms with E-state index in [1.807, 2.05) is 34.9 Å². The Morgan fingerprint density at radius 3 is 2.65 bits per heavy atom. The third-order valence-electron chi connectivity index (χ3n) is 3.05. The molecule has 0 aliphatic rings. The van der Waals surface area contributed by atoms with Gasteiger partial charge in [0.25, 0.3) is 0 Å². The third-order valence-corrected chi connectivity index (χ3v) is 3.96. The van der Waals surface area contributed by atoms with Gasteiger partial charge in [-0.05, 0) is 18.6 Å². The molecule has 0 radical (unpaired) electrons. The van der Waals surface area contributed by atoms with Crippen LogP contribution in [0.4, 0.5) is 0 Å². The Labute approximate surface area is 122 Å². The predicted molar refractivity (Wildman–Crippen MR) is 78.4 cm³/mol. The van der Waals surface area contributed by atoms with E-state index >= 15 is 0 Å². The smallest absolute Gasteiger partial charge is 0.313 e. The highest BCUT2D eigenvalue weighted by molar-refractivity contribution is 7.99. The quantitative estimate of drug-likeness (QED) is 0.829. The second-order valence-electron chi connectivity index (χ2n) is 4.50. The zero-order chi connectivity index (χ0) is 14.5. The van der Waals surface area contributed by atoms with Crippen molar-refractivity contribution in [3.05, 3.63) is 36.2 Å². The molecule has 5 nitrogen and oxygen atoms in total. The van der Waals surface area contributed by atoms with E-state index in [1.165, 1.54) is 11.8 Å². The number of carbonyl (C=O) groups is 1. The standard InChI is InChI=1S/C14H17N3O2S/c1-3-10(2)13-15-16-14(20-9-12(18)19)17(13)11-7-5-4-6-8-11/h4-8,10H,3,9H2,1-2H3,(H,18,19). The Morgan fingerprint density at radius 1 is 1.35 bits per heavy atom. The zero-order valence-corrected chi connectivity index (χ0v) is 12.3. The number of carboxylic acids is 1. The minimum atomic E-state index is -0.859. The van der Waals surface area contributed by atoms with E-state index in [0.29, 0.717) is 5.16 Å². The maximum atomic E-state index is 10.7. The Morgan fingerprint density at radius 2 is 2.05 bits per heavy atom. The van der Waals surface area contributed by atoms with Crippen LogP contribution in [0.25, 0.3) is 5.69 Å². The Balaban J connectivity index is 2.43. The van der Waals surface area contributed by atoms with Gasteiger partial charge in [0, 0.05) is 11.6 Å². The van der Waals surface area contributed by atoms with Crippen molar-refractivity contribution >= 4 is 17.7 Å². The fourth-order valence-electron chi connectivity index (χ4n) is 1.82. The Bertz CT molecular complexity index is 583. The molecule has 0 aliphatic carbocycles. The molecule has 0 amide bonds. The highest BCUT2D eigenvalue weighted by Gasteiger charge is 2.18. The predicted octanol–water partition coefficient (Wildman–Crippen LogP) is 2.96. The van der Waals surface area contributed by atoms with E-state index in [0.717, 1.165) is 17.9 Å². The van der Waals surface area contributed by atoms with Gasteiger partial charge < -0.3 is 5.11 Å². The van der Waals surface area contributed by atoms with Gasteiger partial charge in [-0.1, -0.05) is 43.8 Å². The van der Waals surface area contributed by atoms with Crippen molar-refractivity contribution < 1.29 is 9.90 Å². The lowest BCUT2D eigenvalue weighted by Crippen LogP contribution is -2.07. The molecule has 106 valence electrons. The number of nitrogens with zero attached hydrogens (tertiary/aromatic N) is 3. The zero-order valence-electron chi connectivity index (χ0n) is 11.5. The average molecular weight is 291 g/mol. The molecule has 0 bridgehead atoms. The van der Waals surface area contributed by atoms with E-state index < -0.39 is 5.97 Å². The highest BCUT2D eigenvalue weighted by atomic mass is 32.2. The summed E-state index contributed by atoms with van der Waals surface area (Å²) in [6, 6.07) is 9.78. The fraction of sp³-hybridized carbons (Fsp3) is 0.357. The lowest BCUT2D eigenvalue weighted by molar-refractivity contribution is -0.133. The van der Waals surface area contributed by atoms with Crippen molar-refractivity contribution in [1.82, 2.24) is 14.8 Å². The fourth-order valence-corrected chi connectivity index (χ4v) is 2.50. The monoisotopic (exact) mass is 291 g/mol. The second-order valence-corrected chi connectivity index (χ2v) is 5.45. The van der Waals surface area contributed by atoms with Crippen molar-refractivity contribution in [2.45, 2.75) is 31.3 Å².